The van der Waals surface area contributed by atoms with Crippen molar-refractivity contribution in [3.63, 3.8) is 0 Å². The van der Waals surface area contributed by atoms with Gasteiger partial charge in [-0.2, -0.15) is 0 Å². The molecule has 3 heteroatoms. The fourth-order valence-electron chi connectivity index (χ4n) is 2.14. The van der Waals surface area contributed by atoms with E-state index in [4.69, 9.17) is 0 Å². The predicted octanol–water partition coefficient (Wildman–Crippen LogP) is 1.29. The van der Waals surface area contributed by atoms with Gasteiger partial charge in [0.05, 0.1) is 0 Å². The zero-order valence-corrected chi connectivity index (χ0v) is 9.86. The quantitative estimate of drug-likeness (QED) is 0.829. The van der Waals surface area contributed by atoms with Gasteiger partial charge in [0.2, 0.25) is 0 Å². The number of hydrogen-bond acceptors (Lipinski definition) is 2. The number of aryl methyl sites for hydroxylation is 1. The Bertz CT molecular complexity index is 383. The second kappa shape index (κ2) is 4.66. The van der Waals surface area contributed by atoms with E-state index in [0.717, 1.165) is 30.8 Å². The molecule has 1 amide bonds. The molecule has 1 fully saturated rings. The predicted molar refractivity (Wildman–Crippen MR) is 64.5 cm³/mol. The third kappa shape index (κ3) is 2.09. The Labute approximate surface area is 96.5 Å². The van der Waals surface area contributed by atoms with Crippen molar-refractivity contribution in [1.29, 1.82) is 0 Å². The van der Waals surface area contributed by atoms with Crippen LogP contribution in [0.15, 0.2) is 24.3 Å². The first-order valence-corrected chi connectivity index (χ1v) is 5.72. The first-order valence-electron chi connectivity index (χ1n) is 5.72. The molecule has 0 aromatic heterocycles. The third-order valence-electron chi connectivity index (χ3n) is 3.11. The van der Waals surface area contributed by atoms with E-state index < -0.39 is 0 Å². The first-order chi connectivity index (χ1) is 7.72. The fourth-order valence-corrected chi connectivity index (χ4v) is 2.14. The van der Waals surface area contributed by atoms with Crippen molar-refractivity contribution in [1.82, 2.24) is 10.2 Å². The molecule has 16 heavy (non-hydrogen) atoms. The zero-order valence-electron chi connectivity index (χ0n) is 9.86. The minimum Gasteiger partial charge on any atom is -0.338 e. The van der Waals surface area contributed by atoms with Crippen molar-refractivity contribution in [3.05, 3.63) is 35.4 Å². The second-order valence-electron chi connectivity index (χ2n) is 4.45. The number of amides is 1. The van der Waals surface area contributed by atoms with Crippen LogP contribution in [0.2, 0.25) is 0 Å². The van der Waals surface area contributed by atoms with Crippen LogP contribution >= 0.6 is 0 Å². The van der Waals surface area contributed by atoms with Crippen LogP contribution in [0, 0.1) is 12.8 Å². The van der Waals surface area contributed by atoms with Crippen molar-refractivity contribution in [3.8, 4) is 0 Å². The van der Waals surface area contributed by atoms with Gasteiger partial charge in [0.1, 0.15) is 0 Å². The van der Waals surface area contributed by atoms with E-state index in [0.29, 0.717) is 5.92 Å². The molecule has 1 saturated heterocycles. The highest BCUT2D eigenvalue weighted by molar-refractivity contribution is 5.96. The summed E-state index contributed by atoms with van der Waals surface area (Å²) in [4.78, 5) is 14.0. The number of nitrogens with zero attached hydrogens (tertiary/aromatic N) is 1. The van der Waals surface area contributed by atoms with Crippen LogP contribution in [0.5, 0.6) is 0 Å². The molecule has 0 aliphatic carbocycles. The summed E-state index contributed by atoms with van der Waals surface area (Å²) in [7, 11) is 1.95. The number of rotatable bonds is 3. The highest BCUT2D eigenvalue weighted by Gasteiger charge is 2.30. The topological polar surface area (TPSA) is 32.3 Å². The molecule has 1 N–H and O–H groups in total. The van der Waals surface area contributed by atoms with E-state index >= 15 is 0 Å². The summed E-state index contributed by atoms with van der Waals surface area (Å²) in [6.07, 6.45) is 0. The van der Waals surface area contributed by atoms with Gasteiger partial charge in [0, 0.05) is 31.1 Å². The standard InChI is InChI=1S/C13H18N2O/c1-10-5-3-4-6-12(10)13(16)15-8-11(9-15)7-14-2/h3-6,11,14H,7-9H2,1-2H3. The summed E-state index contributed by atoms with van der Waals surface area (Å²) in [6, 6.07) is 7.78. The number of carbonyl (C=O) groups is 1. The Balaban J connectivity index is 1.98. The van der Waals surface area contributed by atoms with E-state index in [-0.39, 0.29) is 5.91 Å². The maximum absolute atomic E-state index is 12.1. The van der Waals surface area contributed by atoms with Gasteiger partial charge >= 0.3 is 0 Å². The minimum atomic E-state index is 0.172. The van der Waals surface area contributed by atoms with Crippen LogP contribution in [0.25, 0.3) is 0 Å². The summed E-state index contributed by atoms with van der Waals surface area (Å²) in [5.74, 6) is 0.795. The molecule has 1 aromatic carbocycles. The van der Waals surface area contributed by atoms with Crippen LogP contribution < -0.4 is 5.32 Å². The largest absolute Gasteiger partial charge is 0.338 e. The second-order valence-corrected chi connectivity index (χ2v) is 4.45. The lowest BCUT2D eigenvalue weighted by molar-refractivity contribution is 0.0503. The van der Waals surface area contributed by atoms with Gasteiger partial charge < -0.3 is 10.2 Å². The Morgan fingerprint density at radius 3 is 2.75 bits per heavy atom. The molecule has 0 unspecified atom stereocenters. The van der Waals surface area contributed by atoms with Crippen molar-refractivity contribution < 1.29 is 4.79 Å². The summed E-state index contributed by atoms with van der Waals surface area (Å²) in [5.41, 5.74) is 1.90. The molecule has 2 rings (SSSR count). The molecule has 3 nitrogen and oxygen atoms in total. The number of likely N-dealkylation sites (tertiary alicyclic amines) is 1. The molecule has 0 saturated carbocycles. The van der Waals surface area contributed by atoms with Gasteiger partial charge in [-0.05, 0) is 25.6 Å². The molecule has 1 aromatic rings. The lowest BCUT2D eigenvalue weighted by Gasteiger charge is -2.39. The van der Waals surface area contributed by atoms with Crippen LogP contribution in [-0.4, -0.2) is 37.5 Å². The number of hydrogen-bond donors (Lipinski definition) is 1. The van der Waals surface area contributed by atoms with Crippen molar-refractivity contribution >= 4 is 5.91 Å². The Morgan fingerprint density at radius 1 is 1.44 bits per heavy atom. The van der Waals surface area contributed by atoms with Gasteiger partial charge in [-0.15, -0.1) is 0 Å². The molecular formula is C13H18N2O. The molecule has 1 aliphatic rings. The zero-order chi connectivity index (χ0) is 11.5. The minimum absolute atomic E-state index is 0.172. The monoisotopic (exact) mass is 218 g/mol. The van der Waals surface area contributed by atoms with Crippen molar-refractivity contribution in [2.75, 3.05) is 26.7 Å². The summed E-state index contributed by atoms with van der Waals surface area (Å²) < 4.78 is 0. The fraction of sp³-hybridized carbons (Fsp3) is 0.462. The Hall–Kier alpha value is -1.35. The maximum atomic E-state index is 12.1. The van der Waals surface area contributed by atoms with Gasteiger partial charge in [0.15, 0.2) is 0 Å². The van der Waals surface area contributed by atoms with Crippen LogP contribution in [0.1, 0.15) is 15.9 Å². The van der Waals surface area contributed by atoms with Gasteiger partial charge in [0.25, 0.3) is 5.91 Å². The van der Waals surface area contributed by atoms with E-state index in [9.17, 15) is 4.79 Å². The third-order valence-corrected chi connectivity index (χ3v) is 3.11. The van der Waals surface area contributed by atoms with Crippen molar-refractivity contribution in [2.45, 2.75) is 6.92 Å². The lowest BCUT2D eigenvalue weighted by atomic mass is 9.98. The van der Waals surface area contributed by atoms with Crippen molar-refractivity contribution in [2.24, 2.45) is 5.92 Å². The SMILES string of the molecule is CNCC1CN(C(=O)c2ccccc2C)C1. The number of benzene rings is 1. The highest BCUT2D eigenvalue weighted by Crippen LogP contribution is 2.19. The normalized spacial score (nSPS) is 16.0. The molecule has 0 bridgehead atoms. The molecule has 0 radical (unpaired) electrons. The molecule has 1 heterocycles. The van der Waals surface area contributed by atoms with Crippen LogP contribution in [-0.2, 0) is 0 Å². The number of carbonyl (C=O) groups excluding carboxylic acids is 1. The summed E-state index contributed by atoms with van der Waals surface area (Å²) >= 11 is 0. The smallest absolute Gasteiger partial charge is 0.254 e. The number of nitrogens with one attached hydrogen (secondary N) is 1. The molecular weight excluding hydrogens is 200 g/mol. The van der Waals surface area contributed by atoms with Gasteiger partial charge in [-0.1, -0.05) is 18.2 Å². The Kier molecular flexibility index (Phi) is 3.25. The first kappa shape index (κ1) is 11.1. The molecule has 0 spiro atoms. The lowest BCUT2D eigenvalue weighted by Crippen LogP contribution is -2.53. The molecule has 0 atom stereocenters. The molecule has 1 aliphatic heterocycles. The molecule has 86 valence electrons. The summed E-state index contributed by atoms with van der Waals surface area (Å²) in [5, 5.41) is 3.14. The highest BCUT2D eigenvalue weighted by atomic mass is 16.2. The van der Waals surface area contributed by atoms with E-state index in [1.165, 1.54) is 0 Å². The van der Waals surface area contributed by atoms with Gasteiger partial charge in [-0.3, -0.25) is 4.79 Å². The summed E-state index contributed by atoms with van der Waals surface area (Å²) in [6.45, 7) is 4.75. The van der Waals surface area contributed by atoms with E-state index in [2.05, 4.69) is 5.32 Å². The van der Waals surface area contributed by atoms with Crippen LogP contribution in [0.3, 0.4) is 0 Å². The Morgan fingerprint density at radius 2 is 2.12 bits per heavy atom. The maximum Gasteiger partial charge on any atom is 0.254 e. The van der Waals surface area contributed by atoms with E-state index in [1.807, 2.05) is 43.1 Å². The van der Waals surface area contributed by atoms with Crippen LogP contribution in [0.4, 0.5) is 0 Å². The van der Waals surface area contributed by atoms with E-state index in [1.54, 1.807) is 0 Å². The average Bonchev–Trinajstić information content (AvgIpc) is 2.22. The average molecular weight is 218 g/mol. The van der Waals surface area contributed by atoms with Gasteiger partial charge in [-0.25, -0.2) is 0 Å².